The molecule has 0 radical (unpaired) electrons. The number of hydrogen-bond acceptors (Lipinski definition) is 3. The lowest BCUT2D eigenvalue weighted by atomic mass is 10.0. The van der Waals surface area contributed by atoms with Crippen LogP contribution in [0.15, 0.2) is 0 Å². The summed E-state index contributed by atoms with van der Waals surface area (Å²) in [5.41, 5.74) is 8.06. The summed E-state index contributed by atoms with van der Waals surface area (Å²) in [4.78, 5) is 2.47. The van der Waals surface area contributed by atoms with Crippen LogP contribution in [0.3, 0.4) is 0 Å². The van der Waals surface area contributed by atoms with Gasteiger partial charge in [0.25, 0.3) is 0 Å². The first-order chi connectivity index (χ1) is 9.21. The summed E-state index contributed by atoms with van der Waals surface area (Å²) >= 11 is 6.48. The van der Waals surface area contributed by atoms with Gasteiger partial charge < -0.3 is 5.73 Å². The van der Waals surface area contributed by atoms with E-state index in [1.807, 2.05) is 4.68 Å². The average molecular weight is 285 g/mol. The molecule has 5 heteroatoms. The fraction of sp³-hybridized carbons (Fsp3) is 0.786. The third-order valence-electron chi connectivity index (χ3n) is 4.07. The van der Waals surface area contributed by atoms with Crippen molar-refractivity contribution in [1.29, 1.82) is 0 Å². The molecule has 1 atom stereocenters. The fourth-order valence-corrected chi connectivity index (χ4v) is 3.22. The lowest BCUT2D eigenvalue weighted by Gasteiger charge is -2.35. The third-order valence-corrected chi connectivity index (χ3v) is 4.50. The standard InChI is InChI=1S/C14H25ClN4/c1-3-12-14(15)13(19(4-2)17-12)10-18-8-6-5-7-11(18)9-16/h11H,3-10,16H2,1-2H3. The van der Waals surface area contributed by atoms with Gasteiger partial charge in [-0.1, -0.05) is 24.9 Å². The molecule has 1 aliphatic heterocycles. The highest BCUT2D eigenvalue weighted by molar-refractivity contribution is 6.31. The Kier molecular flexibility index (Phi) is 5.25. The summed E-state index contributed by atoms with van der Waals surface area (Å²) in [6.07, 6.45) is 4.64. The van der Waals surface area contributed by atoms with Crippen molar-refractivity contribution in [2.75, 3.05) is 13.1 Å². The molecule has 4 nitrogen and oxygen atoms in total. The normalized spacial score (nSPS) is 20.9. The molecule has 2 rings (SSSR count). The van der Waals surface area contributed by atoms with E-state index in [1.54, 1.807) is 0 Å². The molecule has 1 saturated heterocycles. The number of nitrogens with zero attached hydrogens (tertiary/aromatic N) is 3. The van der Waals surface area contributed by atoms with Crippen LogP contribution in [0.4, 0.5) is 0 Å². The van der Waals surface area contributed by atoms with Crippen LogP contribution in [0.25, 0.3) is 0 Å². The van der Waals surface area contributed by atoms with E-state index in [1.165, 1.54) is 19.3 Å². The number of hydrogen-bond donors (Lipinski definition) is 1. The van der Waals surface area contributed by atoms with Gasteiger partial charge in [0.1, 0.15) is 0 Å². The van der Waals surface area contributed by atoms with E-state index in [4.69, 9.17) is 17.3 Å². The maximum atomic E-state index is 6.48. The molecule has 1 aromatic heterocycles. The van der Waals surface area contributed by atoms with Gasteiger partial charge in [0.05, 0.1) is 16.4 Å². The third kappa shape index (κ3) is 3.12. The Morgan fingerprint density at radius 2 is 2.16 bits per heavy atom. The Morgan fingerprint density at radius 1 is 1.37 bits per heavy atom. The van der Waals surface area contributed by atoms with E-state index in [9.17, 15) is 0 Å². The SMILES string of the molecule is CCc1nn(CC)c(CN2CCCCC2CN)c1Cl. The minimum atomic E-state index is 0.495. The molecule has 0 bridgehead atoms. The zero-order chi connectivity index (χ0) is 13.8. The van der Waals surface area contributed by atoms with Crippen LogP contribution in [-0.4, -0.2) is 33.8 Å². The maximum Gasteiger partial charge on any atom is 0.0863 e. The van der Waals surface area contributed by atoms with Crippen LogP contribution < -0.4 is 5.73 Å². The van der Waals surface area contributed by atoms with Crippen LogP contribution in [0.2, 0.25) is 5.02 Å². The maximum absolute atomic E-state index is 6.48. The van der Waals surface area contributed by atoms with Gasteiger partial charge >= 0.3 is 0 Å². The summed E-state index contributed by atoms with van der Waals surface area (Å²) < 4.78 is 2.04. The first-order valence-electron chi connectivity index (χ1n) is 7.39. The number of likely N-dealkylation sites (tertiary alicyclic amines) is 1. The minimum Gasteiger partial charge on any atom is -0.329 e. The molecule has 1 aromatic rings. The van der Waals surface area contributed by atoms with E-state index < -0.39 is 0 Å². The first-order valence-corrected chi connectivity index (χ1v) is 7.77. The Bertz CT molecular complexity index is 416. The number of aryl methyl sites for hydroxylation is 2. The van der Waals surface area contributed by atoms with Gasteiger partial charge in [0.2, 0.25) is 0 Å². The molecule has 0 amide bonds. The molecule has 0 saturated carbocycles. The van der Waals surface area contributed by atoms with Crippen molar-refractivity contribution in [1.82, 2.24) is 14.7 Å². The smallest absolute Gasteiger partial charge is 0.0863 e. The summed E-state index contributed by atoms with van der Waals surface area (Å²) in [6, 6.07) is 0.495. The van der Waals surface area contributed by atoms with Gasteiger partial charge in [0, 0.05) is 25.7 Å². The number of nitrogens with two attached hydrogens (primary N) is 1. The molecule has 2 heterocycles. The number of aromatic nitrogens is 2. The Labute approximate surface area is 120 Å². The van der Waals surface area contributed by atoms with Crippen LogP contribution in [0.5, 0.6) is 0 Å². The predicted octanol–water partition coefficient (Wildman–Crippen LogP) is 2.43. The average Bonchev–Trinajstić information content (AvgIpc) is 2.76. The highest BCUT2D eigenvalue weighted by atomic mass is 35.5. The van der Waals surface area contributed by atoms with E-state index in [0.717, 1.165) is 49.0 Å². The molecule has 19 heavy (non-hydrogen) atoms. The zero-order valence-corrected chi connectivity index (χ0v) is 12.8. The van der Waals surface area contributed by atoms with E-state index in [2.05, 4.69) is 23.8 Å². The molecule has 2 N–H and O–H groups in total. The van der Waals surface area contributed by atoms with Crippen molar-refractivity contribution in [2.24, 2.45) is 5.73 Å². The topological polar surface area (TPSA) is 47.1 Å². The molecule has 1 unspecified atom stereocenters. The van der Waals surface area contributed by atoms with Gasteiger partial charge in [-0.3, -0.25) is 9.58 Å². The van der Waals surface area contributed by atoms with E-state index in [-0.39, 0.29) is 0 Å². The highest BCUT2D eigenvalue weighted by Crippen LogP contribution is 2.26. The lowest BCUT2D eigenvalue weighted by molar-refractivity contribution is 0.141. The van der Waals surface area contributed by atoms with Crippen molar-refractivity contribution in [3.63, 3.8) is 0 Å². The monoisotopic (exact) mass is 284 g/mol. The lowest BCUT2D eigenvalue weighted by Crippen LogP contribution is -2.43. The molecule has 0 aliphatic carbocycles. The van der Waals surface area contributed by atoms with Crippen molar-refractivity contribution < 1.29 is 0 Å². The molecule has 0 aromatic carbocycles. The molecule has 1 aliphatic rings. The molecular weight excluding hydrogens is 260 g/mol. The van der Waals surface area contributed by atoms with Gasteiger partial charge in [0.15, 0.2) is 0 Å². The summed E-state index contributed by atoms with van der Waals surface area (Å²) in [5, 5.41) is 5.44. The number of rotatable bonds is 5. The van der Waals surface area contributed by atoms with Crippen LogP contribution >= 0.6 is 11.6 Å². The molecular formula is C14H25ClN4. The summed E-state index contributed by atoms with van der Waals surface area (Å²) in [6.45, 7) is 7.81. The largest absolute Gasteiger partial charge is 0.329 e. The summed E-state index contributed by atoms with van der Waals surface area (Å²) in [7, 11) is 0. The summed E-state index contributed by atoms with van der Waals surface area (Å²) in [5.74, 6) is 0. The van der Waals surface area contributed by atoms with Crippen LogP contribution in [0, 0.1) is 0 Å². The van der Waals surface area contributed by atoms with Gasteiger partial charge in [-0.2, -0.15) is 5.10 Å². The van der Waals surface area contributed by atoms with Crippen LogP contribution in [-0.2, 0) is 19.5 Å². The van der Waals surface area contributed by atoms with Gasteiger partial charge in [-0.25, -0.2) is 0 Å². The number of halogens is 1. The first kappa shape index (κ1) is 14.8. The Morgan fingerprint density at radius 3 is 2.79 bits per heavy atom. The molecule has 108 valence electrons. The molecule has 0 spiro atoms. The Balaban J connectivity index is 2.19. The van der Waals surface area contributed by atoms with Crippen molar-refractivity contribution in [2.45, 2.75) is 58.7 Å². The number of piperidine rings is 1. The minimum absolute atomic E-state index is 0.495. The second-order valence-electron chi connectivity index (χ2n) is 5.23. The quantitative estimate of drug-likeness (QED) is 0.903. The van der Waals surface area contributed by atoms with E-state index >= 15 is 0 Å². The van der Waals surface area contributed by atoms with Crippen molar-refractivity contribution >= 4 is 11.6 Å². The fourth-order valence-electron chi connectivity index (χ4n) is 2.90. The Hall–Kier alpha value is -0.580. The van der Waals surface area contributed by atoms with Gasteiger partial charge in [-0.15, -0.1) is 0 Å². The van der Waals surface area contributed by atoms with Crippen LogP contribution in [0.1, 0.15) is 44.5 Å². The van der Waals surface area contributed by atoms with Gasteiger partial charge in [-0.05, 0) is 32.7 Å². The van der Waals surface area contributed by atoms with Crippen molar-refractivity contribution in [3.8, 4) is 0 Å². The second-order valence-corrected chi connectivity index (χ2v) is 5.61. The van der Waals surface area contributed by atoms with E-state index in [0.29, 0.717) is 6.04 Å². The zero-order valence-electron chi connectivity index (χ0n) is 12.0. The molecule has 1 fully saturated rings. The second kappa shape index (κ2) is 6.73. The predicted molar refractivity (Wildman–Crippen MR) is 79.4 cm³/mol. The highest BCUT2D eigenvalue weighted by Gasteiger charge is 2.24. The van der Waals surface area contributed by atoms with Crippen molar-refractivity contribution in [3.05, 3.63) is 16.4 Å².